The van der Waals surface area contributed by atoms with Crippen LogP contribution in [0.3, 0.4) is 0 Å². The van der Waals surface area contributed by atoms with Crippen LogP contribution in [0.2, 0.25) is 5.02 Å². The summed E-state index contributed by atoms with van der Waals surface area (Å²) in [5, 5.41) is 2.52. The molecular formula is C8H3ClINO2. The summed E-state index contributed by atoms with van der Waals surface area (Å²) in [4.78, 5) is 22.5. The molecule has 1 N–H and O–H groups in total. The highest BCUT2D eigenvalue weighted by Gasteiger charge is 2.30. The molecule has 0 radical (unpaired) electrons. The van der Waals surface area contributed by atoms with Gasteiger partial charge in [-0.1, -0.05) is 11.6 Å². The van der Waals surface area contributed by atoms with E-state index >= 15 is 0 Å². The molecule has 0 bridgehead atoms. The molecule has 13 heavy (non-hydrogen) atoms. The molecule has 1 aliphatic rings. The number of halogens is 2. The van der Waals surface area contributed by atoms with E-state index in [0.717, 1.165) is 3.57 Å². The quantitative estimate of drug-likeness (QED) is 0.587. The Bertz CT molecular complexity index is 391. The number of carbonyl (C=O) groups excluding carboxylic acids is 2. The largest absolute Gasteiger partial charge is 0.288 e. The van der Waals surface area contributed by atoms with E-state index < -0.39 is 5.91 Å². The SMILES string of the molecule is O=C1NC(=O)c2c(I)ccc(Cl)c21. The third-order valence-corrected chi connectivity index (χ3v) is 3.00. The number of amides is 2. The average molecular weight is 307 g/mol. The number of nitrogens with one attached hydrogen (secondary N) is 1. The van der Waals surface area contributed by atoms with Gasteiger partial charge in [0.1, 0.15) is 0 Å². The van der Waals surface area contributed by atoms with Crippen LogP contribution in [0.5, 0.6) is 0 Å². The van der Waals surface area contributed by atoms with Crippen LogP contribution >= 0.6 is 34.2 Å². The molecule has 0 fully saturated rings. The monoisotopic (exact) mass is 307 g/mol. The first-order valence-electron chi connectivity index (χ1n) is 3.45. The van der Waals surface area contributed by atoms with Crippen LogP contribution in [0.1, 0.15) is 20.7 Å². The minimum Gasteiger partial charge on any atom is -0.288 e. The van der Waals surface area contributed by atoms with Gasteiger partial charge in [0.05, 0.1) is 16.1 Å². The van der Waals surface area contributed by atoms with Crippen LogP contribution in [0.15, 0.2) is 12.1 Å². The summed E-state index contributed by atoms with van der Waals surface area (Å²) in [5.41, 5.74) is 0.677. The molecule has 5 heteroatoms. The van der Waals surface area contributed by atoms with Gasteiger partial charge in [-0.2, -0.15) is 0 Å². The predicted molar refractivity (Wildman–Crippen MR) is 56.0 cm³/mol. The number of carbonyl (C=O) groups is 2. The Balaban J connectivity index is 2.81. The average Bonchev–Trinajstić information content (AvgIpc) is 2.36. The zero-order valence-corrected chi connectivity index (χ0v) is 9.14. The van der Waals surface area contributed by atoms with Crippen molar-refractivity contribution in [2.24, 2.45) is 0 Å². The van der Waals surface area contributed by atoms with Crippen molar-refractivity contribution in [3.8, 4) is 0 Å². The van der Waals surface area contributed by atoms with E-state index in [4.69, 9.17) is 11.6 Å². The first kappa shape index (κ1) is 8.96. The van der Waals surface area contributed by atoms with Crippen LogP contribution in [0, 0.1) is 3.57 Å². The Morgan fingerprint density at radius 2 is 1.77 bits per heavy atom. The maximum absolute atomic E-state index is 11.3. The van der Waals surface area contributed by atoms with Crippen molar-refractivity contribution in [1.82, 2.24) is 5.32 Å². The van der Waals surface area contributed by atoms with E-state index in [-0.39, 0.29) is 5.91 Å². The minimum atomic E-state index is -0.413. The van der Waals surface area contributed by atoms with E-state index in [1.54, 1.807) is 12.1 Å². The van der Waals surface area contributed by atoms with Gasteiger partial charge in [0.25, 0.3) is 11.8 Å². The Hall–Kier alpha value is -0.620. The number of hydrogen-bond acceptors (Lipinski definition) is 2. The summed E-state index contributed by atoms with van der Waals surface area (Å²) in [7, 11) is 0. The smallest absolute Gasteiger partial charge is 0.260 e. The van der Waals surface area contributed by atoms with Gasteiger partial charge in [-0.3, -0.25) is 14.9 Å². The fraction of sp³-hybridized carbons (Fsp3) is 0. The lowest BCUT2D eigenvalue weighted by atomic mass is 10.1. The summed E-state index contributed by atoms with van der Waals surface area (Å²) in [5.74, 6) is -0.782. The van der Waals surface area contributed by atoms with Crippen LogP contribution in [-0.4, -0.2) is 11.8 Å². The molecule has 0 aromatic heterocycles. The summed E-state index contributed by atoms with van der Waals surface area (Å²) in [6, 6.07) is 3.32. The van der Waals surface area contributed by atoms with Gasteiger partial charge in [0, 0.05) is 3.57 Å². The van der Waals surface area contributed by atoms with Gasteiger partial charge < -0.3 is 0 Å². The number of fused-ring (bicyclic) bond motifs is 1. The number of imide groups is 1. The molecule has 0 aliphatic carbocycles. The molecule has 1 aliphatic heterocycles. The fourth-order valence-electron chi connectivity index (χ4n) is 1.22. The second kappa shape index (κ2) is 2.95. The lowest BCUT2D eigenvalue weighted by Crippen LogP contribution is -2.20. The van der Waals surface area contributed by atoms with Crippen LogP contribution in [-0.2, 0) is 0 Å². The molecule has 66 valence electrons. The topological polar surface area (TPSA) is 46.2 Å². The second-order valence-electron chi connectivity index (χ2n) is 2.56. The summed E-state index contributed by atoms with van der Waals surface area (Å²) < 4.78 is 0.736. The zero-order chi connectivity index (χ0) is 9.59. The first-order chi connectivity index (χ1) is 6.11. The van der Waals surface area contributed by atoms with E-state index in [1.807, 2.05) is 22.6 Å². The highest BCUT2D eigenvalue weighted by atomic mass is 127. The van der Waals surface area contributed by atoms with Crippen molar-refractivity contribution in [2.75, 3.05) is 0 Å². The van der Waals surface area contributed by atoms with Crippen molar-refractivity contribution in [3.05, 3.63) is 31.9 Å². The van der Waals surface area contributed by atoms with Gasteiger partial charge in [-0.25, -0.2) is 0 Å². The lowest BCUT2D eigenvalue weighted by Gasteiger charge is -1.99. The first-order valence-corrected chi connectivity index (χ1v) is 4.90. The molecule has 2 rings (SSSR count). The third kappa shape index (κ3) is 1.24. The molecule has 0 spiro atoms. The van der Waals surface area contributed by atoms with Crippen molar-refractivity contribution in [3.63, 3.8) is 0 Å². The maximum atomic E-state index is 11.3. The van der Waals surface area contributed by atoms with Gasteiger partial charge in [-0.15, -0.1) is 0 Å². The van der Waals surface area contributed by atoms with Gasteiger partial charge in [-0.05, 0) is 34.7 Å². The third-order valence-electron chi connectivity index (χ3n) is 1.78. The van der Waals surface area contributed by atoms with E-state index in [0.29, 0.717) is 16.1 Å². The highest BCUT2D eigenvalue weighted by Crippen LogP contribution is 2.28. The minimum absolute atomic E-state index is 0.290. The van der Waals surface area contributed by atoms with E-state index in [1.165, 1.54) is 0 Å². The molecule has 0 saturated carbocycles. The maximum Gasteiger partial charge on any atom is 0.260 e. The van der Waals surface area contributed by atoms with Crippen LogP contribution in [0.4, 0.5) is 0 Å². The molecule has 3 nitrogen and oxygen atoms in total. The molecule has 1 heterocycles. The number of benzene rings is 1. The number of hydrogen-bond donors (Lipinski definition) is 1. The Morgan fingerprint density at radius 3 is 2.38 bits per heavy atom. The van der Waals surface area contributed by atoms with E-state index in [9.17, 15) is 9.59 Å². The Kier molecular flexibility index (Phi) is 2.03. The second-order valence-corrected chi connectivity index (χ2v) is 4.13. The number of rotatable bonds is 0. The lowest BCUT2D eigenvalue weighted by molar-refractivity contribution is 0.0879. The zero-order valence-electron chi connectivity index (χ0n) is 6.23. The Morgan fingerprint density at radius 1 is 1.15 bits per heavy atom. The summed E-state index contributed by atoms with van der Waals surface area (Å²) in [6.07, 6.45) is 0. The molecule has 0 saturated heterocycles. The molecule has 2 amide bonds. The molecule has 1 aromatic rings. The van der Waals surface area contributed by atoms with Crippen molar-refractivity contribution in [2.45, 2.75) is 0 Å². The van der Waals surface area contributed by atoms with Gasteiger partial charge in [0.2, 0.25) is 0 Å². The van der Waals surface area contributed by atoms with Crippen molar-refractivity contribution < 1.29 is 9.59 Å². The predicted octanol–water partition coefficient (Wildman–Crippen LogP) is 1.83. The van der Waals surface area contributed by atoms with Gasteiger partial charge >= 0.3 is 0 Å². The Labute approximate surface area is 92.6 Å². The molecule has 1 aromatic carbocycles. The summed E-state index contributed by atoms with van der Waals surface area (Å²) >= 11 is 7.78. The molecule has 0 unspecified atom stereocenters. The fourth-order valence-corrected chi connectivity index (χ4v) is 2.16. The normalized spacial score (nSPS) is 14.3. The highest BCUT2D eigenvalue weighted by molar-refractivity contribution is 14.1. The van der Waals surface area contributed by atoms with Crippen LogP contribution < -0.4 is 5.32 Å². The van der Waals surface area contributed by atoms with Crippen molar-refractivity contribution in [1.29, 1.82) is 0 Å². The van der Waals surface area contributed by atoms with Gasteiger partial charge in [0.15, 0.2) is 0 Å². The summed E-state index contributed by atoms with van der Waals surface area (Å²) in [6.45, 7) is 0. The van der Waals surface area contributed by atoms with Crippen LogP contribution in [0.25, 0.3) is 0 Å². The van der Waals surface area contributed by atoms with E-state index in [2.05, 4.69) is 5.32 Å². The van der Waals surface area contributed by atoms with Crippen molar-refractivity contribution >= 4 is 46.0 Å². The molecular weight excluding hydrogens is 304 g/mol. The standard InChI is InChI=1S/C8H3ClINO2/c9-3-1-2-4(10)6-5(3)7(12)11-8(6)13/h1-2H,(H,11,12,13). The molecule has 0 atom stereocenters.